The predicted molar refractivity (Wildman–Crippen MR) is 82.2 cm³/mol. The molecule has 2 saturated heterocycles. The molecule has 126 valence electrons. The molecule has 0 radical (unpaired) electrons. The smallest absolute Gasteiger partial charge is 0.234 e. The van der Waals surface area contributed by atoms with Crippen LogP contribution in [0.2, 0.25) is 0 Å². The Morgan fingerprint density at radius 1 is 0.667 bits per heavy atom. The van der Waals surface area contributed by atoms with Crippen molar-refractivity contribution in [1.82, 2.24) is 9.80 Å². The summed E-state index contributed by atoms with van der Waals surface area (Å²) in [4.78, 5) is 52.5. The van der Waals surface area contributed by atoms with Crippen LogP contribution in [0.5, 0.6) is 0 Å². The quantitative estimate of drug-likeness (QED) is 0.310. The number of rotatable bonds is 2. The van der Waals surface area contributed by atoms with Gasteiger partial charge in [-0.1, -0.05) is 12.2 Å². The van der Waals surface area contributed by atoms with Gasteiger partial charge in [-0.3, -0.25) is 29.0 Å². The summed E-state index contributed by atoms with van der Waals surface area (Å²) in [6.45, 7) is 0. The van der Waals surface area contributed by atoms with Crippen LogP contribution in [0.3, 0.4) is 0 Å². The molecule has 2 heterocycles. The topological polar surface area (TPSA) is 74.8 Å². The van der Waals surface area contributed by atoms with Gasteiger partial charge in [0, 0.05) is 0 Å². The molecule has 0 N–H and O–H groups in total. The Morgan fingerprint density at radius 3 is 1.33 bits per heavy atom. The molecular weight excluding hydrogens is 355 g/mol. The van der Waals surface area contributed by atoms with Crippen LogP contribution in [0.25, 0.3) is 0 Å². The van der Waals surface area contributed by atoms with Crippen molar-refractivity contribution in [3.05, 3.63) is 12.2 Å². The molecule has 0 aromatic heterocycles. The van der Waals surface area contributed by atoms with Crippen molar-refractivity contribution in [2.75, 3.05) is 12.0 Å². The number of allylic oxidation sites excluding steroid dienone is 2. The summed E-state index contributed by atoms with van der Waals surface area (Å²) in [5.74, 6) is -3.09. The number of fused-ring (bicyclic) bond motifs is 1. The lowest BCUT2D eigenvalue weighted by atomic mass is 9.40. The van der Waals surface area contributed by atoms with Crippen molar-refractivity contribution in [2.24, 2.45) is 47.3 Å². The van der Waals surface area contributed by atoms with Crippen LogP contribution in [0.4, 0.5) is 0 Å². The van der Waals surface area contributed by atoms with Gasteiger partial charge in [0.2, 0.25) is 23.6 Å². The molecule has 0 aromatic carbocycles. The lowest BCUT2D eigenvalue weighted by molar-refractivity contribution is -0.166. The van der Waals surface area contributed by atoms with Gasteiger partial charge in [-0.2, -0.15) is 0 Å². The normalized spacial score (nSPS) is 47.9. The number of hydrogen-bond donors (Lipinski definition) is 0. The van der Waals surface area contributed by atoms with E-state index in [1.807, 2.05) is 12.2 Å². The molecular formula is C16H14Cl2N2O4. The van der Waals surface area contributed by atoms with E-state index in [-0.39, 0.29) is 59.3 Å². The standard InChI is InChI=1S/C16H14Cl2N2O4/c17-3-19-13(21)9-5-1-2-6(10(9)14(19)22)8-7(5)11-12(8)16(24)20(4-18)15(11)23/h1-2,5-12H,3-4H2. The molecule has 0 aromatic rings. The first-order valence-electron chi connectivity index (χ1n) is 8.03. The summed E-state index contributed by atoms with van der Waals surface area (Å²) in [6, 6.07) is -0.290. The molecule has 2 bridgehead atoms. The van der Waals surface area contributed by atoms with Gasteiger partial charge >= 0.3 is 0 Å². The molecule has 6 rings (SSSR count). The molecule has 4 fully saturated rings. The Bertz CT molecular complexity index is 682. The Hall–Kier alpha value is -1.40. The molecule has 8 heteroatoms. The average Bonchev–Trinajstić information content (AvgIpc) is 2.91. The number of amides is 4. The molecule has 6 nitrogen and oxygen atoms in total. The zero-order valence-corrected chi connectivity index (χ0v) is 14.0. The summed E-state index contributed by atoms with van der Waals surface area (Å²) in [6.07, 6.45) is 3.93. The fourth-order valence-corrected chi connectivity index (χ4v) is 6.43. The second-order valence-electron chi connectivity index (χ2n) is 7.25. The van der Waals surface area contributed by atoms with Gasteiger partial charge in [-0.15, -0.1) is 23.2 Å². The van der Waals surface area contributed by atoms with Gasteiger partial charge in [-0.05, 0) is 23.7 Å². The van der Waals surface area contributed by atoms with Crippen LogP contribution in [-0.4, -0.2) is 45.4 Å². The number of imide groups is 2. The number of carbonyl (C=O) groups excluding carboxylic acids is 4. The molecule has 24 heavy (non-hydrogen) atoms. The fourth-order valence-electron chi connectivity index (χ4n) is 5.96. The molecule has 4 aliphatic carbocycles. The second-order valence-corrected chi connectivity index (χ2v) is 7.72. The van der Waals surface area contributed by atoms with E-state index in [1.54, 1.807) is 0 Å². The number of nitrogens with zero attached hydrogens (tertiary/aromatic N) is 2. The molecule has 2 saturated carbocycles. The molecule has 2 aliphatic heterocycles. The first-order chi connectivity index (χ1) is 11.5. The Labute approximate surface area is 147 Å². The summed E-state index contributed by atoms with van der Waals surface area (Å²) in [5, 5.41) is 0. The number of hydrogen-bond acceptors (Lipinski definition) is 4. The minimum Gasteiger partial charge on any atom is -0.274 e. The third kappa shape index (κ3) is 1.38. The van der Waals surface area contributed by atoms with Crippen LogP contribution in [-0.2, 0) is 19.2 Å². The van der Waals surface area contributed by atoms with E-state index in [9.17, 15) is 19.2 Å². The number of halogens is 2. The van der Waals surface area contributed by atoms with Crippen LogP contribution in [0.15, 0.2) is 12.2 Å². The highest BCUT2D eigenvalue weighted by Crippen LogP contribution is 2.68. The van der Waals surface area contributed by atoms with E-state index < -0.39 is 23.7 Å². The zero-order valence-electron chi connectivity index (χ0n) is 12.5. The third-order valence-corrected chi connectivity index (χ3v) is 7.24. The highest BCUT2D eigenvalue weighted by atomic mass is 35.5. The average molecular weight is 369 g/mol. The van der Waals surface area contributed by atoms with Gasteiger partial charge in [0.1, 0.15) is 12.0 Å². The highest BCUT2D eigenvalue weighted by molar-refractivity contribution is 6.22. The lowest BCUT2D eigenvalue weighted by Gasteiger charge is -2.60. The van der Waals surface area contributed by atoms with Crippen molar-refractivity contribution in [1.29, 1.82) is 0 Å². The molecule has 0 spiro atoms. The number of alkyl halides is 2. The van der Waals surface area contributed by atoms with E-state index in [4.69, 9.17) is 23.2 Å². The maximum Gasteiger partial charge on any atom is 0.234 e. The molecule has 8 unspecified atom stereocenters. The van der Waals surface area contributed by atoms with Gasteiger partial charge in [0.25, 0.3) is 0 Å². The second kappa shape index (κ2) is 4.61. The molecule has 4 amide bonds. The van der Waals surface area contributed by atoms with Gasteiger partial charge in [-0.25, -0.2) is 0 Å². The summed E-state index contributed by atoms with van der Waals surface area (Å²) < 4.78 is 0. The van der Waals surface area contributed by atoms with E-state index in [2.05, 4.69) is 0 Å². The SMILES string of the molecule is O=C1C2C3C=CC(C2C(=O)N1CCl)C1C2C(=O)N(CCl)C(=O)C2C31. The number of carbonyl (C=O) groups is 4. The third-order valence-electron chi connectivity index (χ3n) is 6.77. The fraction of sp³-hybridized carbons (Fsp3) is 0.625. The van der Waals surface area contributed by atoms with Crippen LogP contribution in [0.1, 0.15) is 0 Å². The predicted octanol–water partition coefficient (Wildman–Crippen LogP) is 0.643. The van der Waals surface area contributed by atoms with E-state index in [1.165, 1.54) is 0 Å². The van der Waals surface area contributed by atoms with Crippen molar-refractivity contribution in [3.8, 4) is 0 Å². The van der Waals surface area contributed by atoms with Crippen LogP contribution in [0, 0.1) is 47.3 Å². The first kappa shape index (κ1) is 14.9. The summed E-state index contributed by atoms with van der Waals surface area (Å²) >= 11 is 11.5. The van der Waals surface area contributed by atoms with Crippen molar-refractivity contribution >= 4 is 46.8 Å². The maximum absolute atomic E-state index is 12.6. The maximum atomic E-state index is 12.6. The van der Waals surface area contributed by atoms with Crippen molar-refractivity contribution < 1.29 is 19.2 Å². The summed E-state index contributed by atoms with van der Waals surface area (Å²) in [7, 11) is 0. The van der Waals surface area contributed by atoms with E-state index >= 15 is 0 Å². The minimum atomic E-state index is -0.443. The Balaban J connectivity index is 1.57. The molecule has 8 atom stereocenters. The van der Waals surface area contributed by atoms with Gasteiger partial charge < -0.3 is 0 Å². The van der Waals surface area contributed by atoms with E-state index in [0.717, 1.165) is 9.80 Å². The Morgan fingerprint density at radius 2 is 1.00 bits per heavy atom. The lowest BCUT2D eigenvalue weighted by Crippen LogP contribution is -2.63. The van der Waals surface area contributed by atoms with Crippen LogP contribution < -0.4 is 0 Å². The van der Waals surface area contributed by atoms with Crippen molar-refractivity contribution in [2.45, 2.75) is 0 Å². The van der Waals surface area contributed by atoms with Gasteiger partial charge in [0.05, 0.1) is 23.7 Å². The van der Waals surface area contributed by atoms with Crippen LogP contribution >= 0.6 is 23.2 Å². The monoisotopic (exact) mass is 368 g/mol. The zero-order chi connectivity index (χ0) is 16.9. The van der Waals surface area contributed by atoms with E-state index in [0.29, 0.717) is 0 Å². The van der Waals surface area contributed by atoms with Crippen molar-refractivity contribution in [3.63, 3.8) is 0 Å². The highest BCUT2D eigenvalue weighted by Gasteiger charge is 2.74. The van der Waals surface area contributed by atoms with Gasteiger partial charge in [0.15, 0.2) is 0 Å². The first-order valence-corrected chi connectivity index (χ1v) is 9.10. The summed E-state index contributed by atoms with van der Waals surface area (Å²) in [5.41, 5.74) is 0. The minimum absolute atomic E-state index is 0.0528. The Kier molecular flexibility index (Phi) is 2.86. The number of likely N-dealkylation sites (tertiary alicyclic amines) is 2. The molecule has 6 aliphatic rings. The largest absolute Gasteiger partial charge is 0.274 e.